The Morgan fingerprint density at radius 1 is 1.20 bits per heavy atom. The molecule has 0 saturated carbocycles. The molecule has 0 radical (unpaired) electrons. The van der Waals surface area contributed by atoms with Crippen molar-refractivity contribution < 1.29 is 10.2 Å². The molecule has 30 heavy (non-hydrogen) atoms. The van der Waals surface area contributed by atoms with Gasteiger partial charge in [0.2, 0.25) is 0 Å². The number of phenols is 1. The molecule has 2 N–H and O–H groups in total. The number of aliphatic hydroxyl groups is 1. The van der Waals surface area contributed by atoms with Crippen molar-refractivity contribution in [3.8, 4) is 17.6 Å². The zero-order valence-corrected chi connectivity index (χ0v) is 22.3. The minimum absolute atomic E-state index is 0.365. The van der Waals surface area contributed by atoms with E-state index in [0.29, 0.717) is 24.6 Å². The molecule has 7 heteroatoms. The molecular weight excluding hydrogens is 604 g/mol. The van der Waals surface area contributed by atoms with Gasteiger partial charge in [0.05, 0.1) is 8.12 Å². The van der Waals surface area contributed by atoms with Gasteiger partial charge in [-0.15, -0.1) is 0 Å². The van der Waals surface area contributed by atoms with Gasteiger partial charge in [-0.2, -0.15) is 0 Å². The van der Waals surface area contributed by atoms with Crippen LogP contribution in [0.5, 0.6) is 5.75 Å². The Balaban J connectivity index is 1.67. The molecule has 166 valence electrons. The first-order valence-corrected chi connectivity index (χ1v) is 13.4. The standard InChI is InChI=1S/C23H33I2N3O2/c1-3-28(17-24)20-5-10-27(11-6-20)16-19-14-18(15-21(25)22(19)29)4-7-23(30)8-12-26(2)13-9-23/h14-15,20,29-30H,3,5-6,8-13,16-17H2,1-2H3. The van der Waals surface area contributed by atoms with Crippen molar-refractivity contribution in [3.63, 3.8) is 0 Å². The highest BCUT2D eigenvalue weighted by atomic mass is 127. The smallest absolute Gasteiger partial charge is 0.133 e. The molecule has 2 aliphatic heterocycles. The van der Waals surface area contributed by atoms with Crippen molar-refractivity contribution in [3.05, 3.63) is 26.8 Å². The molecule has 0 aliphatic carbocycles. The van der Waals surface area contributed by atoms with Gasteiger partial charge in [-0.25, -0.2) is 0 Å². The SMILES string of the molecule is CCN(CI)C1CCN(Cc2cc(C#CC3(O)CCN(C)CC3)cc(I)c2O)CC1. The molecule has 0 aromatic heterocycles. The molecule has 0 atom stereocenters. The predicted octanol–water partition coefficient (Wildman–Crippen LogP) is 3.48. The first-order valence-electron chi connectivity index (χ1n) is 10.8. The van der Waals surface area contributed by atoms with E-state index < -0.39 is 5.60 Å². The van der Waals surface area contributed by atoms with E-state index >= 15 is 0 Å². The lowest BCUT2D eigenvalue weighted by molar-refractivity contribution is 0.0350. The van der Waals surface area contributed by atoms with Crippen LogP contribution in [0.1, 0.15) is 43.7 Å². The first-order chi connectivity index (χ1) is 14.3. The zero-order chi connectivity index (χ0) is 21.7. The number of phenolic OH excluding ortho intramolecular Hbond substituents is 1. The number of benzene rings is 1. The molecule has 2 saturated heterocycles. The molecule has 2 aliphatic rings. The normalized spacial score (nSPS) is 20.9. The maximum absolute atomic E-state index is 10.8. The minimum atomic E-state index is -0.901. The van der Waals surface area contributed by atoms with E-state index in [2.05, 4.69) is 85.7 Å². The average Bonchev–Trinajstić information content (AvgIpc) is 2.74. The van der Waals surface area contributed by atoms with Gasteiger partial charge >= 0.3 is 0 Å². The fourth-order valence-corrected chi connectivity index (χ4v) is 6.00. The van der Waals surface area contributed by atoms with Gasteiger partial charge in [0.25, 0.3) is 0 Å². The summed E-state index contributed by atoms with van der Waals surface area (Å²) in [5, 5.41) is 21.4. The minimum Gasteiger partial charge on any atom is -0.507 e. The molecule has 1 aromatic carbocycles. The highest BCUT2D eigenvalue weighted by Crippen LogP contribution is 2.29. The summed E-state index contributed by atoms with van der Waals surface area (Å²) < 4.78 is 1.91. The predicted molar refractivity (Wildman–Crippen MR) is 139 cm³/mol. The first kappa shape index (κ1) is 24.5. The summed E-state index contributed by atoms with van der Waals surface area (Å²) in [5.41, 5.74) is 0.902. The summed E-state index contributed by atoms with van der Waals surface area (Å²) in [6.07, 6.45) is 3.71. The summed E-state index contributed by atoms with van der Waals surface area (Å²) in [6.45, 7) is 7.93. The van der Waals surface area contributed by atoms with Gasteiger partial charge in [0.1, 0.15) is 11.4 Å². The van der Waals surface area contributed by atoms with E-state index in [0.717, 1.165) is 58.5 Å². The monoisotopic (exact) mass is 637 g/mol. The van der Waals surface area contributed by atoms with Gasteiger partial charge in [-0.1, -0.05) is 41.4 Å². The number of likely N-dealkylation sites (tertiary alicyclic amines) is 2. The van der Waals surface area contributed by atoms with Gasteiger partial charge in [-0.05, 0) is 74.2 Å². The van der Waals surface area contributed by atoms with Crippen LogP contribution in [0.15, 0.2) is 12.1 Å². The molecule has 2 fully saturated rings. The Morgan fingerprint density at radius 3 is 2.47 bits per heavy atom. The lowest BCUT2D eigenvalue weighted by atomic mass is 9.92. The third-order valence-corrected chi connectivity index (χ3v) is 8.12. The van der Waals surface area contributed by atoms with Crippen LogP contribution in [0.4, 0.5) is 0 Å². The maximum atomic E-state index is 10.8. The number of hydrogen-bond acceptors (Lipinski definition) is 5. The molecule has 1 aromatic rings. The van der Waals surface area contributed by atoms with E-state index in [4.69, 9.17) is 0 Å². The van der Waals surface area contributed by atoms with Crippen LogP contribution >= 0.6 is 45.2 Å². The summed E-state index contributed by atoms with van der Waals surface area (Å²) in [5.74, 6) is 6.67. The van der Waals surface area contributed by atoms with Crippen LogP contribution in [0.2, 0.25) is 0 Å². The van der Waals surface area contributed by atoms with E-state index in [1.807, 2.05) is 12.1 Å². The van der Waals surface area contributed by atoms with Gasteiger partial charge < -0.3 is 15.1 Å². The molecule has 3 rings (SSSR count). The summed E-state index contributed by atoms with van der Waals surface area (Å²) in [4.78, 5) is 7.20. The van der Waals surface area contributed by atoms with Crippen molar-refractivity contribution in [2.45, 2.75) is 50.8 Å². The number of piperidine rings is 2. The lowest BCUT2D eigenvalue weighted by Gasteiger charge is -2.37. The van der Waals surface area contributed by atoms with Crippen LogP contribution in [-0.2, 0) is 6.54 Å². The quantitative estimate of drug-likeness (QED) is 0.224. The van der Waals surface area contributed by atoms with E-state index in [9.17, 15) is 10.2 Å². The second-order valence-electron chi connectivity index (χ2n) is 8.58. The number of halogens is 2. The second kappa shape index (κ2) is 11.1. The fraction of sp³-hybridized carbons (Fsp3) is 0.652. The zero-order valence-electron chi connectivity index (χ0n) is 18.0. The van der Waals surface area contributed by atoms with E-state index in [1.54, 1.807) is 0 Å². The fourth-order valence-electron chi connectivity index (χ4n) is 4.27. The van der Waals surface area contributed by atoms with Gasteiger partial charge in [0, 0.05) is 49.6 Å². The van der Waals surface area contributed by atoms with Gasteiger partial charge in [-0.3, -0.25) is 9.80 Å². The van der Waals surface area contributed by atoms with Crippen molar-refractivity contribution in [1.29, 1.82) is 0 Å². The second-order valence-corrected chi connectivity index (χ2v) is 10.4. The van der Waals surface area contributed by atoms with Crippen LogP contribution in [0.3, 0.4) is 0 Å². The Bertz CT molecular complexity index is 773. The topological polar surface area (TPSA) is 50.2 Å². The third kappa shape index (κ3) is 6.45. The maximum Gasteiger partial charge on any atom is 0.133 e. The number of hydrogen-bond donors (Lipinski definition) is 2. The molecule has 0 spiro atoms. The molecule has 5 nitrogen and oxygen atoms in total. The third-order valence-electron chi connectivity index (χ3n) is 6.42. The van der Waals surface area contributed by atoms with Gasteiger partial charge in [0.15, 0.2) is 0 Å². The van der Waals surface area contributed by atoms with Crippen LogP contribution in [0.25, 0.3) is 0 Å². The Hall–Kier alpha value is -0.120. The Kier molecular flexibility index (Phi) is 9.11. The van der Waals surface area contributed by atoms with Crippen LogP contribution in [0, 0.1) is 15.4 Å². The van der Waals surface area contributed by atoms with Crippen molar-refractivity contribution in [2.24, 2.45) is 0 Å². The summed E-state index contributed by atoms with van der Waals surface area (Å²) >= 11 is 4.64. The van der Waals surface area contributed by atoms with Crippen molar-refractivity contribution in [1.82, 2.24) is 14.7 Å². The highest BCUT2D eigenvalue weighted by molar-refractivity contribution is 14.1. The van der Waals surface area contributed by atoms with E-state index in [1.165, 1.54) is 12.8 Å². The lowest BCUT2D eigenvalue weighted by Crippen LogP contribution is -2.44. The highest BCUT2D eigenvalue weighted by Gasteiger charge is 2.29. The molecule has 0 amide bonds. The molecular formula is C23H33I2N3O2. The number of nitrogens with zero attached hydrogens (tertiary/aromatic N) is 3. The van der Waals surface area contributed by atoms with E-state index in [-0.39, 0.29) is 0 Å². The van der Waals surface area contributed by atoms with Crippen molar-refractivity contribution in [2.75, 3.05) is 44.3 Å². The van der Waals surface area contributed by atoms with Crippen LogP contribution < -0.4 is 0 Å². The summed E-state index contributed by atoms with van der Waals surface area (Å²) in [7, 11) is 2.08. The average molecular weight is 637 g/mol. The van der Waals surface area contributed by atoms with Crippen molar-refractivity contribution >= 4 is 45.2 Å². The summed E-state index contributed by atoms with van der Waals surface area (Å²) in [6, 6.07) is 4.58. The number of alkyl halides is 1. The molecule has 2 heterocycles. The Morgan fingerprint density at radius 2 is 1.87 bits per heavy atom. The number of rotatable bonds is 5. The number of aromatic hydroxyl groups is 1. The Labute approximate surface area is 208 Å². The molecule has 0 bridgehead atoms. The largest absolute Gasteiger partial charge is 0.507 e. The van der Waals surface area contributed by atoms with Crippen LogP contribution in [-0.4, -0.2) is 80.9 Å². The molecule has 0 unspecified atom stereocenters.